The lowest BCUT2D eigenvalue weighted by Crippen LogP contribution is -2.57. The van der Waals surface area contributed by atoms with E-state index in [2.05, 4.69) is 4.90 Å². The SMILES string of the molecule is COC(=O)C(C)N1CCOC2(CCC(N)CC2)C1. The molecule has 0 bridgehead atoms. The molecule has 0 aromatic carbocycles. The number of nitrogens with two attached hydrogens (primary N) is 1. The molecule has 1 aliphatic heterocycles. The Kier molecular flexibility index (Phi) is 4.25. The summed E-state index contributed by atoms with van der Waals surface area (Å²) in [5.41, 5.74) is 5.86. The molecule has 1 aliphatic carbocycles. The predicted molar refractivity (Wildman–Crippen MR) is 68.2 cm³/mol. The third-order valence-electron chi connectivity index (χ3n) is 4.31. The van der Waals surface area contributed by atoms with Crippen LogP contribution in [-0.4, -0.2) is 55.4 Å². The van der Waals surface area contributed by atoms with Gasteiger partial charge in [-0.15, -0.1) is 0 Å². The summed E-state index contributed by atoms with van der Waals surface area (Å²) < 4.78 is 10.8. The predicted octanol–water partition coefficient (Wildman–Crippen LogP) is 0.520. The van der Waals surface area contributed by atoms with Crippen molar-refractivity contribution in [2.24, 2.45) is 5.73 Å². The molecule has 104 valence electrons. The Hall–Kier alpha value is -0.650. The van der Waals surface area contributed by atoms with E-state index in [1.807, 2.05) is 6.92 Å². The van der Waals surface area contributed by atoms with E-state index in [0.717, 1.165) is 38.8 Å². The normalized spacial score (nSPS) is 35.4. The Bertz CT molecular complexity index is 301. The lowest BCUT2D eigenvalue weighted by atomic mass is 9.81. The Balaban J connectivity index is 1.98. The topological polar surface area (TPSA) is 64.8 Å². The van der Waals surface area contributed by atoms with Gasteiger partial charge in [0.1, 0.15) is 6.04 Å². The molecule has 2 N–H and O–H groups in total. The summed E-state index contributed by atoms with van der Waals surface area (Å²) in [4.78, 5) is 13.8. The third-order valence-corrected chi connectivity index (χ3v) is 4.31. The van der Waals surface area contributed by atoms with Crippen LogP contribution in [0.3, 0.4) is 0 Å². The van der Waals surface area contributed by atoms with Gasteiger partial charge >= 0.3 is 5.97 Å². The van der Waals surface area contributed by atoms with Crippen molar-refractivity contribution >= 4 is 5.97 Å². The number of rotatable bonds is 2. The van der Waals surface area contributed by atoms with Crippen LogP contribution in [0.25, 0.3) is 0 Å². The number of carbonyl (C=O) groups excluding carboxylic acids is 1. The number of hydrogen-bond acceptors (Lipinski definition) is 5. The smallest absolute Gasteiger partial charge is 0.322 e. The minimum atomic E-state index is -0.189. The van der Waals surface area contributed by atoms with Gasteiger partial charge in [0.2, 0.25) is 0 Å². The van der Waals surface area contributed by atoms with Crippen LogP contribution < -0.4 is 5.73 Å². The van der Waals surface area contributed by atoms with Crippen LogP contribution in [0.15, 0.2) is 0 Å². The summed E-state index contributed by atoms with van der Waals surface area (Å²) in [6, 6.07) is 0.124. The highest BCUT2D eigenvalue weighted by Crippen LogP contribution is 2.34. The van der Waals surface area contributed by atoms with Crippen molar-refractivity contribution in [3.05, 3.63) is 0 Å². The first-order valence-electron chi connectivity index (χ1n) is 6.78. The van der Waals surface area contributed by atoms with Crippen molar-refractivity contribution < 1.29 is 14.3 Å². The van der Waals surface area contributed by atoms with Crippen molar-refractivity contribution in [1.29, 1.82) is 0 Å². The van der Waals surface area contributed by atoms with Gasteiger partial charge in [0, 0.05) is 19.1 Å². The molecule has 0 amide bonds. The number of hydrogen-bond donors (Lipinski definition) is 1. The standard InChI is InChI=1S/C13H24N2O3/c1-10(12(16)17-2)15-7-8-18-13(9-15)5-3-11(14)4-6-13/h10-11H,3-9,14H2,1-2H3. The maximum atomic E-state index is 11.6. The van der Waals surface area contributed by atoms with E-state index in [1.165, 1.54) is 7.11 Å². The van der Waals surface area contributed by atoms with Gasteiger partial charge in [0.05, 0.1) is 19.3 Å². The number of esters is 1. The Morgan fingerprint density at radius 2 is 2.17 bits per heavy atom. The van der Waals surface area contributed by atoms with Gasteiger partial charge in [-0.3, -0.25) is 9.69 Å². The highest BCUT2D eigenvalue weighted by molar-refractivity contribution is 5.75. The second-order valence-electron chi connectivity index (χ2n) is 5.54. The maximum absolute atomic E-state index is 11.6. The van der Waals surface area contributed by atoms with E-state index in [1.54, 1.807) is 0 Å². The van der Waals surface area contributed by atoms with E-state index < -0.39 is 0 Å². The zero-order valence-electron chi connectivity index (χ0n) is 11.4. The molecule has 5 heteroatoms. The fourth-order valence-corrected chi connectivity index (χ4v) is 2.99. The van der Waals surface area contributed by atoms with Gasteiger partial charge in [-0.05, 0) is 32.6 Å². The molecule has 1 spiro atoms. The van der Waals surface area contributed by atoms with Crippen molar-refractivity contribution in [2.45, 2.75) is 50.3 Å². The second-order valence-corrected chi connectivity index (χ2v) is 5.54. The molecule has 1 heterocycles. The quantitative estimate of drug-likeness (QED) is 0.730. The number of methoxy groups -OCH3 is 1. The van der Waals surface area contributed by atoms with E-state index in [9.17, 15) is 4.79 Å². The van der Waals surface area contributed by atoms with Crippen LogP contribution in [0.2, 0.25) is 0 Å². The summed E-state index contributed by atoms with van der Waals surface area (Å²) >= 11 is 0. The number of ether oxygens (including phenoxy) is 2. The molecule has 1 saturated heterocycles. The second kappa shape index (κ2) is 5.55. The van der Waals surface area contributed by atoms with Gasteiger partial charge < -0.3 is 15.2 Å². The van der Waals surface area contributed by atoms with Crippen LogP contribution in [0.1, 0.15) is 32.6 Å². The molecule has 0 aromatic rings. The molecule has 0 aromatic heterocycles. The molecule has 2 aliphatic rings. The molecule has 0 radical (unpaired) electrons. The summed E-state index contributed by atoms with van der Waals surface area (Å²) in [6.45, 7) is 4.20. The molecule has 1 atom stereocenters. The Morgan fingerprint density at radius 3 is 2.78 bits per heavy atom. The van der Waals surface area contributed by atoms with Crippen molar-refractivity contribution in [1.82, 2.24) is 4.90 Å². The number of nitrogens with zero attached hydrogens (tertiary/aromatic N) is 1. The zero-order valence-corrected chi connectivity index (χ0v) is 11.4. The summed E-state index contributed by atoms with van der Waals surface area (Å²) in [5.74, 6) is -0.167. The van der Waals surface area contributed by atoms with Gasteiger partial charge in [0.15, 0.2) is 0 Å². The van der Waals surface area contributed by atoms with Gasteiger partial charge in [-0.2, -0.15) is 0 Å². The molecular weight excluding hydrogens is 232 g/mol. The fraction of sp³-hybridized carbons (Fsp3) is 0.923. The van der Waals surface area contributed by atoms with Crippen LogP contribution in [0.4, 0.5) is 0 Å². The first-order chi connectivity index (χ1) is 8.56. The minimum absolute atomic E-state index is 0.0869. The monoisotopic (exact) mass is 256 g/mol. The van der Waals surface area contributed by atoms with E-state index in [-0.39, 0.29) is 17.6 Å². The molecule has 2 fully saturated rings. The van der Waals surface area contributed by atoms with Crippen LogP contribution in [-0.2, 0) is 14.3 Å². The third kappa shape index (κ3) is 2.84. The fourth-order valence-electron chi connectivity index (χ4n) is 2.99. The van der Waals surface area contributed by atoms with Crippen LogP contribution >= 0.6 is 0 Å². The summed E-state index contributed by atoms with van der Waals surface area (Å²) in [5, 5.41) is 0. The van der Waals surface area contributed by atoms with E-state index in [4.69, 9.17) is 15.2 Å². The van der Waals surface area contributed by atoms with Crippen molar-refractivity contribution in [3.8, 4) is 0 Å². The average Bonchev–Trinajstić information content (AvgIpc) is 2.41. The highest BCUT2D eigenvalue weighted by atomic mass is 16.5. The minimum Gasteiger partial charge on any atom is -0.468 e. The lowest BCUT2D eigenvalue weighted by molar-refractivity contribution is -0.160. The maximum Gasteiger partial charge on any atom is 0.322 e. The van der Waals surface area contributed by atoms with Gasteiger partial charge in [-0.25, -0.2) is 0 Å². The lowest BCUT2D eigenvalue weighted by Gasteiger charge is -2.47. The van der Waals surface area contributed by atoms with E-state index >= 15 is 0 Å². The Labute approximate surface area is 109 Å². The largest absolute Gasteiger partial charge is 0.468 e. The molecule has 2 rings (SSSR count). The molecule has 5 nitrogen and oxygen atoms in total. The van der Waals surface area contributed by atoms with Gasteiger partial charge in [-0.1, -0.05) is 0 Å². The first kappa shape index (κ1) is 13.8. The molecular formula is C13H24N2O3. The molecule has 1 unspecified atom stereocenters. The first-order valence-corrected chi connectivity index (χ1v) is 6.78. The number of morpholine rings is 1. The van der Waals surface area contributed by atoms with Crippen LogP contribution in [0, 0.1) is 0 Å². The van der Waals surface area contributed by atoms with Crippen LogP contribution in [0.5, 0.6) is 0 Å². The average molecular weight is 256 g/mol. The van der Waals surface area contributed by atoms with E-state index in [0.29, 0.717) is 12.6 Å². The van der Waals surface area contributed by atoms with Crippen molar-refractivity contribution in [3.63, 3.8) is 0 Å². The number of carbonyl (C=O) groups is 1. The van der Waals surface area contributed by atoms with Gasteiger partial charge in [0.25, 0.3) is 0 Å². The Morgan fingerprint density at radius 1 is 1.50 bits per heavy atom. The summed E-state index contributed by atoms with van der Waals surface area (Å²) in [6.07, 6.45) is 4.03. The zero-order chi connectivity index (χ0) is 13.2. The molecule has 18 heavy (non-hydrogen) atoms. The highest BCUT2D eigenvalue weighted by Gasteiger charge is 2.41. The van der Waals surface area contributed by atoms with Crippen molar-refractivity contribution in [2.75, 3.05) is 26.8 Å². The summed E-state index contributed by atoms with van der Waals surface area (Å²) in [7, 11) is 1.44. The molecule has 1 saturated carbocycles.